The number of likely N-dealkylation sites (tertiary alicyclic amines) is 1. The van der Waals surface area contributed by atoms with E-state index in [0.29, 0.717) is 13.2 Å². The smallest absolute Gasteiger partial charge is 0.308 e. The van der Waals surface area contributed by atoms with Crippen molar-refractivity contribution < 1.29 is 14.6 Å². The molecule has 0 spiro atoms. The highest BCUT2D eigenvalue weighted by Crippen LogP contribution is 2.23. The quantitative estimate of drug-likeness (QED) is 0.883. The number of nitrogens with zero attached hydrogens (tertiary/aromatic N) is 1. The molecule has 0 bridgehead atoms. The van der Waals surface area contributed by atoms with Gasteiger partial charge in [-0.15, -0.1) is 0 Å². The van der Waals surface area contributed by atoms with Crippen LogP contribution in [0.25, 0.3) is 0 Å². The Labute approximate surface area is 114 Å². The third-order valence-electron chi connectivity index (χ3n) is 3.76. The topological polar surface area (TPSA) is 49.8 Å². The first kappa shape index (κ1) is 13.9. The number of aryl methyl sites for hydroxylation is 1. The number of carboxylic acid groups (broad SMARTS) is 1. The summed E-state index contributed by atoms with van der Waals surface area (Å²) >= 11 is 0. The van der Waals surface area contributed by atoms with Crippen LogP contribution in [-0.2, 0) is 4.79 Å². The number of hydrogen-bond acceptors (Lipinski definition) is 3. The normalized spacial score (nSPS) is 23.5. The highest BCUT2D eigenvalue weighted by atomic mass is 16.5. The summed E-state index contributed by atoms with van der Waals surface area (Å²) in [4.78, 5) is 13.2. The van der Waals surface area contributed by atoms with E-state index in [1.54, 1.807) is 0 Å². The van der Waals surface area contributed by atoms with Crippen LogP contribution < -0.4 is 4.74 Å². The summed E-state index contributed by atoms with van der Waals surface area (Å²) in [6.45, 7) is 6.88. The van der Waals surface area contributed by atoms with Crippen molar-refractivity contribution in [3.8, 4) is 5.75 Å². The van der Waals surface area contributed by atoms with Crippen molar-refractivity contribution >= 4 is 5.97 Å². The highest BCUT2D eigenvalue weighted by molar-refractivity contribution is 5.71. The Kier molecular flexibility index (Phi) is 4.43. The van der Waals surface area contributed by atoms with Gasteiger partial charge < -0.3 is 9.84 Å². The third kappa shape index (κ3) is 3.47. The van der Waals surface area contributed by atoms with Crippen molar-refractivity contribution in [2.75, 3.05) is 26.2 Å². The SMILES string of the molecule is Cc1ccccc1OCCN1CC(C)C(C(=O)O)C1. The second kappa shape index (κ2) is 6.06. The van der Waals surface area contributed by atoms with Gasteiger partial charge in [-0.25, -0.2) is 0 Å². The minimum absolute atomic E-state index is 0.218. The Balaban J connectivity index is 1.78. The molecule has 2 unspecified atom stereocenters. The van der Waals surface area contributed by atoms with Crippen LogP contribution in [0.2, 0.25) is 0 Å². The van der Waals surface area contributed by atoms with Crippen LogP contribution >= 0.6 is 0 Å². The molecular formula is C15H21NO3. The number of benzene rings is 1. The summed E-state index contributed by atoms with van der Waals surface area (Å²) in [5, 5.41) is 9.08. The van der Waals surface area contributed by atoms with Gasteiger partial charge in [0.05, 0.1) is 5.92 Å². The molecule has 1 saturated heterocycles. The molecule has 1 N–H and O–H groups in total. The van der Waals surface area contributed by atoms with Crippen molar-refractivity contribution in [1.29, 1.82) is 0 Å². The Hall–Kier alpha value is -1.55. The molecule has 19 heavy (non-hydrogen) atoms. The Morgan fingerprint density at radius 1 is 1.42 bits per heavy atom. The summed E-state index contributed by atoms with van der Waals surface area (Å²) in [7, 11) is 0. The Bertz CT molecular complexity index is 447. The zero-order valence-corrected chi connectivity index (χ0v) is 11.5. The van der Waals surface area contributed by atoms with E-state index in [0.717, 1.165) is 24.4 Å². The summed E-state index contributed by atoms with van der Waals surface area (Å²) in [5.74, 6) is 0.203. The molecule has 1 heterocycles. The van der Waals surface area contributed by atoms with Crippen LogP contribution in [0.15, 0.2) is 24.3 Å². The summed E-state index contributed by atoms with van der Waals surface area (Å²) in [5.41, 5.74) is 1.13. The lowest BCUT2D eigenvalue weighted by Crippen LogP contribution is -2.27. The Morgan fingerprint density at radius 2 is 2.16 bits per heavy atom. The van der Waals surface area contributed by atoms with E-state index >= 15 is 0 Å². The molecule has 2 rings (SSSR count). The van der Waals surface area contributed by atoms with Crippen molar-refractivity contribution in [3.05, 3.63) is 29.8 Å². The van der Waals surface area contributed by atoms with E-state index in [4.69, 9.17) is 9.84 Å². The van der Waals surface area contributed by atoms with Gasteiger partial charge in [-0.2, -0.15) is 0 Å². The van der Waals surface area contributed by atoms with Crippen LogP contribution in [0.1, 0.15) is 12.5 Å². The van der Waals surface area contributed by atoms with Gasteiger partial charge in [0.15, 0.2) is 0 Å². The summed E-state index contributed by atoms with van der Waals surface area (Å²) in [6, 6.07) is 7.93. The van der Waals surface area contributed by atoms with Crippen LogP contribution in [-0.4, -0.2) is 42.2 Å². The molecule has 1 aromatic rings. The number of aliphatic carboxylic acids is 1. The Morgan fingerprint density at radius 3 is 2.79 bits per heavy atom. The molecule has 0 aromatic heterocycles. The second-order valence-electron chi connectivity index (χ2n) is 5.30. The van der Waals surface area contributed by atoms with Gasteiger partial charge in [-0.3, -0.25) is 9.69 Å². The van der Waals surface area contributed by atoms with Crippen LogP contribution in [0.4, 0.5) is 0 Å². The molecular weight excluding hydrogens is 242 g/mol. The first-order chi connectivity index (χ1) is 9.08. The minimum Gasteiger partial charge on any atom is -0.492 e. The third-order valence-corrected chi connectivity index (χ3v) is 3.76. The maximum absolute atomic E-state index is 11.0. The number of ether oxygens (including phenoxy) is 1. The van der Waals surface area contributed by atoms with E-state index in [1.165, 1.54) is 0 Å². The number of hydrogen-bond donors (Lipinski definition) is 1. The summed E-state index contributed by atoms with van der Waals surface area (Å²) in [6.07, 6.45) is 0. The lowest BCUT2D eigenvalue weighted by atomic mass is 9.99. The molecule has 1 aliphatic rings. The molecule has 1 fully saturated rings. The lowest BCUT2D eigenvalue weighted by molar-refractivity contribution is -0.142. The summed E-state index contributed by atoms with van der Waals surface area (Å²) < 4.78 is 5.74. The van der Waals surface area contributed by atoms with Gasteiger partial charge >= 0.3 is 5.97 Å². The minimum atomic E-state index is -0.685. The van der Waals surface area contributed by atoms with Gasteiger partial charge in [0, 0.05) is 19.6 Å². The molecule has 0 amide bonds. The number of carboxylic acids is 1. The van der Waals surface area contributed by atoms with Crippen LogP contribution in [0, 0.1) is 18.8 Å². The monoisotopic (exact) mass is 263 g/mol. The molecule has 0 aliphatic carbocycles. The zero-order chi connectivity index (χ0) is 13.8. The standard InChI is InChI=1S/C15H21NO3/c1-11-5-3-4-6-14(11)19-8-7-16-9-12(2)13(10-16)15(17)18/h3-6,12-13H,7-10H2,1-2H3,(H,17,18). The van der Waals surface area contributed by atoms with Gasteiger partial charge in [-0.05, 0) is 24.5 Å². The molecule has 0 saturated carbocycles. The van der Waals surface area contributed by atoms with E-state index < -0.39 is 5.97 Å². The number of rotatable bonds is 5. The van der Waals surface area contributed by atoms with E-state index in [-0.39, 0.29) is 11.8 Å². The van der Waals surface area contributed by atoms with Crippen molar-refractivity contribution in [3.63, 3.8) is 0 Å². The molecule has 104 valence electrons. The second-order valence-corrected chi connectivity index (χ2v) is 5.30. The average molecular weight is 263 g/mol. The highest BCUT2D eigenvalue weighted by Gasteiger charge is 2.34. The molecule has 2 atom stereocenters. The zero-order valence-electron chi connectivity index (χ0n) is 11.5. The van der Waals surface area contributed by atoms with E-state index in [9.17, 15) is 4.79 Å². The molecule has 1 aliphatic heterocycles. The van der Waals surface area contributed by atoms with E-state index in [2.05, 4.69) is 4.90 Å². The maximum Gasteiger partial charge on any atom is 0.308 e. The van der Waals surface area contributed by atoms with Crippen molar-refractivity contribution in [2.45, 2.75) is 13.8 Å². The molecule has 4 nitrogen and oxygen atoms in total. The van der Waals surface area contributed by atoms with Crippen molar-refractivity contribution in [2.24, 2.45) is 11.8 Å². The molecule has 1 aromatic carbocycles. The van der Waals surface area contributed by atoms with E-state index in [1.807, 2.05) is 38.1 Å². The fourth-order valence-electron chi connectivity index (χ4n) is 2.57. The average Bonchev–Trinajstić information content (AvgIpc) is 2.73. The largest absolute Gasteiger partial charge is 0.492 e. The van der Waals surface area contributed by atoms with Gasteiger partial charge in [-0.1, -0.05) is 25.1 Å². The van der Waals surface area contributed by atoms with Crippen LogP contribution in [0.5, 0.6) is 5.75 Å². The lowest BCUT2D eigenvalue weighted by Gasteiger charge is -2.16. The predicted molar refractivity (Wildman–Crippen MR) is 73.4 cm³/mol. The fraction of sp³-hybridized carbons (Fsp3) is 0.533. The van der Waals surface area contributed by atoms with Gasteiger partial charge in [0.25, 0.3) is 0 Å². The fourth-order valence-corrected chi connectivity index (χ4v) is 2.57. The first-order valence-corrected chi connectivity index (χ1v) is 6.71. The predicted octanol–water partition coefficient (Wildman–Crippen LogP) is 2.03. The van der Waals surface area contributed by atoms with Crippen molar-refractivity contribution in [1.82, 2.24) is 4.90 Å². The van der Waals surface area contributed by atoms with Crippen LogP contribution in [0.3, 0.4) is 0 Å². The van der Waals surface area contributed by atoms with Gasteiger partial charge in [0.2, 0.25) is 0 Å². The first-order valence-electron chi connectivity index (χ1n) is 6.71. The molecule has 4 heteroatoms. The number of carbonyl (C=O) groups is 1. The number of para-hydroxylation sites is 1. The maximum atomic E-state index is 11.0. The van der Waals surface area contributed by atoms with Gasteiger partial charge in [0.1, 0.15) is 12.4 Å². The molecule has 0 radical (unpaired) electrons.